The number of nitrogens with zero attached hydrogens (tertiary/aromatic N) is 2. The standard InChI is InChI=1S/C21H35N3O3.C2H2O4/c1-5-22-12-14-24(15-13-22)18-8-10-23(11-9-18)16-17-6-7-19(25-2)21(27-4)20(17)26-3;3-1(4)2(5)6/h6-7,18H,5,8-16H2,1-4H3;(H,3,4)(H,5,6). The topological polar surface area (TPSA) is 116 Å². The normalized spacial score (nSPS) is 18.2. The van der Waals surface area contributed by atoms with Crippen LogP contribution in [-0.2, 0) is 16.1 Å². The third-order valence-electron chi connectivity index (χ3n) is 6.43. The van der Waals surface area contributed by atoms with Crippen LogP contribution in [0.4, 0.5) is 0 Å². The second kappa shape index (κ2) is 13.2. The van der Waals surface area contributed by atoms with Gasteiger partial charge in [-0.3, -0.25) is 9.80 Å². The lowest BCUT2D eigenvalue weighted by molar-refractivity contribution is -0.902. The van der Waals surface area contributed by atoms with E-state index in [0.717, 1.165) is 37.0 Å². The molecule has 1 aromatic rings. The maximum absolute atomic E-state index is 9.04. The molecule has 33 heavy (non-hydrogen) atoms. The molecule has 10 heteroatoms. The molecule has 0 aliphatic carbocycles. The van der Waals surface area contributed by atoms with Crippen molar-refractivity contribution in [3.63, 3.8) is 0 Å². The molecule has 2 aliphatic heterocycles. The zero-order valence-electron chi connectivity index (χ0n) is 20.1. The summed E-state index contributed by atoms with van der Waals surface area (Å²) in [7, 11) is 5.02. The second-order valence-electron chi connectivity index (χ2n) is 8.23. The van der Waals surface area contributed by atoms with Crippen molar-refractivity contribution in [2.45, 2.75) is 32.4 Å². The number of likely N-dealkylation sites (N-methyl/N-ethyl adjacent to an activating group) is 1. The minimum absolute atomic E-state index is 0.684. The first-order chi connectivity index (χ1) is 15.8. The number of hydrogen-bond donors (Lipinski definition) is 2. The predicted octanol–water partition coefficient (Wildman–Crippen LogP) is -1.28. The molecular weight excluding hydrogens is 430 g/mol. The van der Waals surface area contributed by atoms with Crippen molar-refractivity contribution in [3.05, 3.63) is 17.7 Å². The van der Waals surface area contributed by atoms with Gasteiger partial charge in [0.15, 0.2) is 17.5 Å². The number of carboxylic acids is 2. The maximum Gasteiger partial charge on any atom is 0.351 e. The van der Waals surface area contributed by atoms with Crippen LogP contribution in [0, 0.1) is 0 Å². The number of ether oxygens (including phenoxy) is 3. The zero-order valence-corrected chi connectivity index (χ0v) is 20.1. The van der Waals surface area contributed by atoms with Crippen molar-refractivity contribution in [1.29, 1.82) is 0 Å². The average molecular weight is 468 g/mol. The van der Waals surface area contributed by atoms with Crippen molar-refractivity contribution in [2.24, 2.45) is 0 Å². The maximum atomic E-state index is 9.04. The Kier molecular flexibility index (Phi) is 10.7. The van der Waals surface area contributed by atoms with Gasteiger partial charge in [-0.15, -0.1) is 0 Å². The number of aliphatic carboxylic acids is 2. The summed E-state index contributed by atoms with van der Waals surface area (Å²) in [5, 5.41) is 16.3. The van der Waals surface area contributed by atoms with Gasteiger partial charge in [-0.1, -0.05) is 6.07 Å². The molecule has 0 unspecified atom stereocenters. The predicted molar refractivity (Wildman–Crippen MR) is 120 cm³/mol. The van der Waals surface area contributed by atoms with Gasteiger partial charge in [0.25, 0.3) is 0 Å². The van der Waals surface area contributed by atoms with Crippen molar-refractivity contribution in [3.8, 4) is 17.2 Å². The highest BCUT2D eigenvalue weighted by Gasteiger charge is 2.29. The largest absolute Gasteiger partial charge is 0.539 e. The summed E-state index contributed by atoms with van der Waals surface area (Å²) in [6.45, 7) is 11.9. The minimum atomic E-state index is -2.07. The van der Waals surface area contributed by atoms with Crippen LogP contribution >= 0.6 is 0 Å². The lowest BCUT2D eigenvalue weighted by Gasteiger charge is -2.41. The lowest BCUT2D eigenvalue weighted by Crippen LogP contribution is -3.14. The third-order valence-corrected chi connectivity index (χ3v) is 6.43. The van der Waals surface area contributed by atoms with E-state index in [1.807, 2.05) is 6.07 Å². The molecule has 0 saturated carbocycles. The number of carboxylic acid groups (broad SMARTS) is 2. The zero-order chi connectivity index (χ0) is 24.4. The fraction of sp³-hybridized carbons (Fsp3) is 0.652. The number of likely N-dealkylation sites (tertiary alicyclic amines) is 1. The number of piperazine rings is 1. The number of carbonyl (C=O) groups excluding carboxylic acids is 1. The number of quaternary nitrogens is 1. The first-order valence-corrected chi connectivity index (χ1v) is 11.4. The van der Waals surface area contributed by atoms with E-state index in [1.54, 1.807) is 26.2 Å². The van der Waals surface area contributed by atoms with E-state index in [2.05, 4.69) is 22.8 Å². The van der Waals surface area contributed by atoms with Crippen LogP contribution in [-0.4, -0.2) is 100 Å². The number of benzene rings is 1. The van der Waals surface area contributed by atoms with E-state index in [1.165, 1.54) is 45.6 Å². The number of rotatable bonds is 7. The van der Waals surface area contributed by atoms with E-state index >= 15 is 0 Å². The summed E-state index contributed by atoms with van der Waals surface area (Å²) in [4.78, 5) is 25.0. The highest BCUT2D eigenvalue weighted by molar-refractivity contribution is 6.26. The van der Waals surface area contributed by atoms with Crippen LogP contribution in [0.5, 0.6) is 17.2 Å². The summed E-state index contributed by atoms with van der Waals surface area (Å²) < 4.78 is 16.6. The van der Waals surface area contributed by atoms with Gasteiger partial charge in [0, 0.05) is 31.2 Å². The van der Waals surface area contributed by atoms with Crippen molar-refractivity contribution >= 4 is 11.9 Å². The number of methoxy groups -OCH3 is 3. The Hall–Kier alpha value is -2.56. The number of hydrogen-bond acceptors (Lipinski definition) is 8. The molecule has 2 aliphatic rings. The summed E-state index contributed by atoms with van der Waals surface area (Å²) in [6.07, 6.45) is 2.52. The molecule has 2 fully saturated rings. The van der Waals surface area contributed by atoms with Crippen molar-refractivity contribution in [1.82, 2.24) is 9.80 Å². The SMILES string of the molecule is CC[NH+]1CCN(C2CCN(Cc3ccc(OC)c(OC)c3OC)CC2)CC1.O=C([O-])C(=O)O. The minimum Gasteiger partial charge on any atom is -0.539 e. The Morgan fingerprint density at radius 2 is 1.61 bits per heavy atom. The highest BCUT2D eigenvalue weighted by atomic mass is 16.5. The Balaban J connectivity index is 0.000000569. The Morgan fingerprint density at radius 3 is 2.06 bits per heavy atom. The quantitative estimate of drug-likeness (QED) is 0.473. The highest BCUT2D eigenvalue weighted by Crippen LogP contribution is 2.40. The molecule has 3 rings (SSSR count). The van der Waals surface area contributed by atoms with Gasteiger partial charge in [-0.2, -0.15) is 0 Å². The van der Waals surface area contributed by atoms with Gasteiger partial charge in [0.1, 0.15) is 0 Å². The van der Waals surface area contributed by atoms with Crippen LogP contribution in [0.3, 0.4) is 0 Å². The molecule has 2 heterocycles. The van der Waals surface area contributed by atoms with Crippen LogP contribution in [0.15, 0.2) is 12.1 Å². The second-order valence-corrected chi connectivity index (χ2v) is 8.23. The fourth-order valence-electron chi connectivity index (χ4n) is 4.53. The van der Waals surface area contributed by atoms with Crippen LogP contribution in [0.25, 0.3) is 0 Å². The first kappa shape index (κ1) is 26.7. The number of nitrogens with one attached hydrogen (secondary N) is 1. The van der Waals surface area contributed by atoms with Crippen LogP contribution in [0.2, 0.25) is 0 Å². The van der Waals surface area contributed by atoms with Gasteiger partial charge in [-0.25, -0.2) is 4.79 Å². The van der Waals surface area contributed by atoms with E-state index < -0.39 is 11.9 Å². The van der Waals surface area contributed by atoms with Crippen LogP contribution < -0.4 is 24.2 Å². The summed E-state index contributed by atoms with van der Waals surface area (Å²) >= 11 is 0. The summed E-state index contributed by atoms with van der Waals surface area (Å²) in [5.41, 5.74) is 1.16. The number of carbonyl (C=O) groups is 2. The van der Waals surface area contributed by atoms with E-state index in [4.69, 9.17) is 34.0 Å². The fourth-order valence-corrected chi connectivity index (χ4v) is 4.53. The van der Waals surface area contributed by atoms with Crippen molar-refractivity contribution in [2.75, 3.05) is 67.1 Å². The monoisotopic (exact) mass is 467 g/mol. The molecule has 0 spiro atoms. The van der Waals surface area contributed by atoms with Gasteiger partial charge in [0.2, 0.25) is 5.75 Å². The molecule has 186 valence electrons. The molecule has 10 nitrogen and oxygen atoms in total. The smallest absolute Gasteiger partial charge is 0.351 e. The van der Waals surface area contributed by atoms with E-state index in [-0.39, 0.29) is 0 Å². The molecule has 0 radical (unpaired) electrons. The van der Waals surface area contributed by atoms with Crippen molar-refractivity contribution < 1.29 is 38.9 Å². The van der Waals surface area contributed by atoms with Crippen LogP contribution in [0.1, 0.15) is 25.3 Å². The van der Waals surface area contributed by atoms with Gasteiger partial charge in [-0.05, 0) is 38.9 Å². The lowest BCUT2D eigenvalue weighted by atomic mass is 10.0. The molecule has 2 N–H and O–H groups in total. The summed E-state index contributed by atoms with van der Waals surface area (Å²) in [5.74, 6) is -1.82. The third kappa shape index (κ3) is 7.48. The Labute approximate surface area is 195 Å². The van der Waals surface area contributed by atoms with E-state index in [0.29, 0.717) is 11.5 Å². The summed E-state index contributed by atoms with van der Waals surface area (Å²) in [6, 6.07) is 4.82. The first-order valence-electron chi connectivity index (χ1n) is 11.4. The molecule has 0 aromatic heterocycles. The molecule has 1 aromatic carbocycles. The van der Waals surface area contributed by atoms with Gasteiger partial charge >= 0.3 is 5.97 Å². The molecule has 0 bridgehead atoms. The molecule has 0 atom stereocenters. The molecule has 2 saturated heterocycles. The average Bonchev–Trinajstić information content (AvgIpc) is 2.84. The Bertz CT molecular complexity index is 762. The van der Waals surface area contributed by atoms with Gasteiger partial charge < -0.3 is 34.1 Å². The van der Waals surface area contributed by atoms with Gasteiger partial charge in [0.05, 0.1) is 41.0 Å². The van der Waals surface area contributed by atoms with E-state index in [9.17, 15) is 0 Å². The molecule has 0 amide bonds. The molecular formula is C23H37N3O7. The Morgan fingerprint density at radius 1 is 1.03 bits per heavy atom. The number of piperidine rings is 1.